The summed E-state index contributed by atoms with van der Waals surface area (Å²) < 4.78 is 24.4. The largest absolute Gasteiger partial charge is 0.344 e. The summed E-state index contributed by atoms with van der Waals surface area (Å²) in [7, 11) is 0. The van der Waals surface area contributed by atoms with Gasteiger partial charge in [0.2, 0.25) is 0 Å². The lowest BCUT2D eigenvalue weighted by Gasteiger charge is -2.12. The molecule has 1 rings (SSSR count). The first kappa shape index (κ1) is 13.1. The van der Waals surface area contributed by atoms with Crippen LogP contribution in [0.4, 0.5) is 8.78 Å². The Morgan fingerprint density at radius 2 is 1.88 bits per heavy atom. The molecule has 16 heavy (non-hydrogen) atoms. The summed E-state index contributed by atoms with van der Waals surface area (Å²) in [6.07, 6.45) is -2.63. The van der Waals surface area contributed by atoms with Crippen LogP contribution in [0.15, 0.2) is 12.1 Å². The number of nitrogens with one attached hydrogen (secondary N) is 1. The number of carbonyl (C=O) groups is 1. The molecule has 1 amide bonds. The van der Waals surface area contributed by atoms with Crippen molar-refractivity contribution in [2.75, 3.05) is 0 Å². The second-order valence-electron chi connectivity index (χ2n) is 3.10. The summed E-state index contributed by atoms with van der Waals surface area (Å²) in [5, 5.41) is 2.18. The second-order valence-corrected chi connectivity index (χ2v) is 3.87. The number of hydrogen-bond acceptors (Lipinski definition) is 2. The fourth-order valence-electron chi connectivity index (χ4n) is 0.949. The summed E-state index contributed by atoms with van der Waals surface area (Å²) in [5.41, 5.74) is 0.0949. The molecule has 0 radical (unpaired) electrons. The monoisotopic (exact) mass is 268 g/mol. The first-order valence-corrected chi connectivity index (χ1v) is 5.08. The minimum atomic E-state index is -2.63. The molecule has 0 aliphatic rings. The number of amides is 1. The molecule has 1 atom stereocenters. The molecule has 0 aliphatic carbocycles. The van der Waals surface area contributed by atoms with Crippen molar-refractivity contribution in [3.8, 4) is 0 Å². The first-order valence-electron chi connectivity index (χ1n) is 4.32. The van der Waals surface area contributed by atoms with Crippen LogP contribution in [0.2, 0.25) is 10.3 Å². The van der Waals surface area contributed by atoms with Crippen molar-refractivity contribution in [1.82, 2.24) is 10.3 Å². The van der Waals surface area contributed by atoms with Crippen LogP contribution in [0.1, 0.15) is 17.3 Å². The number of hydrogen-bond donors (Lipinski definition) is 1. The molecule has 0 spiro atoms. The number of pyridine rings is 1. The van der Waals surface area contributed by atoms with Crippen molar-refractivity contribution in [1.29, 1.82) is 0 Å². The van der Waals surface area contributed by atoms with Crippen molar-refractivity contribution in [2.45, 2.75) is 19.4 Å². The summed E-state index contributed by atoms with van der Waals surface area (Å²) in [5.74, 6) is -0.668. The van der Waals surface area contributed by atoms with E-state index in [0.29, 0.717) is 0 Å². The summed E-state index contributed by atoms with van der Waals surface area (Å²) in [6.45, 7) is 1.20. The first-order chi connectivity index (χ1) is 7.40. The van der Waals surface area contributed by atoms with Crippen LogP contribution < -0.4 is 5.32 Å². The van der Waals surface area contributed by atoms with Gasteiger partial charge >= 0.3 is 0 Å². The van der Waals surface area contributed by atoms with Crippen LogP contribution in [0.5, 0.6) is 0 Å². The molecule has 0 saturated heterocycles. The van der Waals surface area contributed by atoms with Crippen molar-refractivity contribution in [3.63, 3.8) is 0 Å². The molecule has 88 valence electrons. The molecule has 1 aromatic heterocycles. The summed E-state index contributed by atoms with van der Waals surface area (Å²) in [6, 6.07) is 1.26. The van der Waals surface area contributed by atoms with Crippen LogP contribution >= 0.6 is 23.2 Å². The highest BCUT2D eigenvalue weighted by Gasteiger charge is 2.18. The quantitative estimate of drug-likeness (QED) is 0.857. The fraction of sp³-hybridized carbons (Fsp3) is 0.333. The maximum absolute atomic E-state index is 12.2. The minimum absolute atomic E-state index is 0.0300. The Hall–Kier alpha value is -0.940. The Kier molecular flexibility index (Phi) is 4.44. The Morgan fingerprint density at radius 3 is 2.31 bits per heavy atom. The third kappa shape index (κ3) is 3.57. The van der Waals surface area contributed by atoms with Gasteiger partial charge in [0.15, 0.2) is 0 Å². The smallest absolute Gasteiger partial charge is 0.258 e. The van der Waals surface area contributed by atoms with Gasteiger partial charge in [-0.3, -0.25) is 4.79 Å². The van der Waals surface area contributed by atoms with E-state index in [-0.39, 0.29) is 15.9 Å². The van der Waals surface area contributed by atoms with E-state index in [9.17, 15) is 13.6 Å². The molecule has 3 nitrogen and oxygen atoms in total. The zero-order chi connectivity index (χ0) is 12.3. The van der Waals surface area contributed by atoms with E-state index >= 15 is 0 Å². The van der Waals surface area contributed by atoms with Gasteiger partial charge in [-0.1, -0.05) is 23.2 Å². The van der Waals surface area contributed by atoms with E-state index in [0.717, 1.165) is 0 Å². The molecular weight excluding hydrogens is 261 g/mol. The van der Waals surface area contributed by atoms with E-state index < -0.39 is 18.4 Å². The molecule has 0 saturated carbocycles. The SMILES string of the molecule is C[C@H](NC(=O)c1cc(Cl)nc(Cl)c1)C(F)F. The molecule has 0 unspecified atom stereocenters. The molecule has 1 N–H and O–H groups in total. The summed E-state index contributed by atoms with van der Waals surface area (Å²) in [4.78, 5) is 15.1. The lowest BCUT2D eigenvalue weighted by Crippen LogP contribution is -2.37. The van der Waals surface area contributed by atoms with Crippen LogP contribution in [0.25, 0.3) is 0 Å². The van der Waals surface area contributed by atoms with Crippen LogP contribution in [-0.4, -0.2) is 23.4 Å². The van der Waals surface area contributed by atoms with Gasteiger partial charge in [-0.05, 0) is 19.1 Å². The third-order valence-corrected chi connectivity index (χ3v) is 2.15. The number of aromatic nitrogens is 1. The van der Waals surface area contributed by atoms with Crippen molar-refractivity contribution >= 4 is 29.1 Å². The zero-order valence-electron chi connectivity index (χ0n) is 8.18. The molecule has 7 heteroatoms. The molecule has 1 heterocycles. The number of alkyl halides is 2. The fourth-order valence-corrected chi connectivity index (χ4v) is 1.41. The molecule has 1 aromatic rings. The third-order valence-electron chi connectivity index (χ3n) is 1.76. The second kappa shape index (κ2) is 5.41. The minimum Gasteiger partial charge on any atom is -0.344 e. The van der Waals surface area contributed by atoms with Gasteiger partial charge in [-0.15, -0.1) is 0 Å². The van der Waals surface area contributed by atoms with Crippen molar-refractivity contribution < 1.29 is 13.6 Å². The Bertz CT molecular complexity index is 381. The number of carbonyl (C=O) groups excluding carboxylic acids is 1. The maximum Gasteiger partial charge on any atom is 0.258 e. The maximum atomic E-state index is 12.2. The van der Waals surface area contributed by atoms with Crippen LogP contribution in [-0.2, 0) is 0 Å². The summed E-state index contributed by atoms with van der Waals surface area (Å²) >= 11 is 11.1. The normalized spacial score (nSPS) is 12.6. The molecule has 0 bridgehead atoms. The van der Waals surface area contributed by atoms with Gasteiger partial charge in [0.05, 0.1) is 6.04 Å². The van der Waals surface area contributed by atoms with Gasteiger partial charge in [0.1, 0.15) is 10.3 Å². The van der Waals surface area contributed by atoms with Gasteiger partial charge in [0, 0.05) is 5.56 Å². The average molecular weight is 269 g/mol. The van der Waals surface area contributed by atoms with Crippen molar-refractivity contribution in [3.05, 3.63) is 28.0 Å². The lowest BCUT2D eigenvalue weighted by atomic mass is 10.2. The predicted molar refractivity (Wildman–Crippen MR) is 57.2 cm³/mol. The van der Waals surface area contributed by atoms with E-state index in [1.807, 2.05) is 0 Å². The van der Waals surface area contributed by atoms with Gasteiger partial charge in [-0.25, -0.2) is 13.8 Å². The highest BCUT2D eigenvalue weighted by molar-refractivity contribution is 6.33. The highest BCUT2D eigenvalue weighted by Crippen LogP contribution is 2.15. The Balaban J connectivity index is 2.80. The van der Waals surface area contributed by atoms with E-state index in [1.54, 1.807) is 0 Å². The highest BCUT2D eigenvalue weighted by atomic mass is 35.5. The van der Waals surface area contributed by atoms with E-state index in [2.05, 4.69) is 10.3 Å². The number of rotatable bonds is 3. The molecule has 0 aliphatic heterocycles. The number of nitrogens with zero attached hydrogens (tertiary/aromatic N) is 1. The predicted octanol–water partition coefficient (Wildman–Crippen LogP) is 2.77. The lowest BCUT2D eigenvalue weighted by molar-refractivity contribution is 0.0780. The van der Waals surface area contributed by atoms with Gasteiger partial charge in [-0.2, -0.15) is 0 Å². The topological polar surface area (TPSA) is 42.0 Å². The van der Waals surface area contributed by atoms with Crippen molar-refractivity contribution in [2.24, 2.45) is 0 Å². The van der Waals surface area contributed by atoms with Gasteiger partial charge < -0.3 is 5.32 Å². The Morgan fingerprint density at radius 1 is 1.38 bits per heavy atom. The van der Waals surface area contributed by atoms with E-state index in [4.69, 9.17) is 23.2 Å². The number of halogens is 4. The standard InChI is InChI=1S/C9H8Cl2F2N2O/c1-4(8(12)13)14-9(16)5-2-6(10)15-7(11)3-5/h2-4,8H,1H3,(H,14,16)/t4-/m0/s1. The Labute approximate surface area is 101 Å². The molecule has 0 aromatic carbocycles. The van der Waals surface area contributed by atoms with Gasteiger partial charge in [0.25, 0.3) is 12.3 Å². The van der Waals surface area contributed by atoms with Crippen LogP contribution in [0, 0.1) is 0 Å². The van der Waals surface area contributed by atoms with E-state index in [1.165, 1.54) is 19.1 Å². The molecular formula is C9H8Cl2F2N2O. The average Bonchev–Trinajstić information content (AvgIpc) is 2.15. The zero-order valence-corrected chi connectivity index (χ0v) is 9.69. The molecule has 0 fully saturated rings. The van der Waals surface area contributed by atoms with Crippen LogP contribution in [0.3, 0.4) is 0 Å².